The Balaban J connectivity index is 2.02. The van der Waals surface area contributed by atoms with Gasteiger partial charge in [-0.1, -0.05) is 24.3 Å². The minimum atomic E-state index is -0.840. The van der Waals surface area contributed by atoms with Crippen molar-refractivity contribution >= 4 is 39.2 Å². The monoisotopic (exact) mass is 325 g/mol. The molecule has 2 aromatic carbocycles. The fourth-order valence-corrected chi connectivity index (χ4v) is 3.32. The normalized spacial score (nSPS) is 11.7. The van der Waals surface area contributed by atoms with E-state index >= 15 is 0 Å². The van der Waals surface area contributed by atoms with Crippen molar-refractivity contribution in [2.45, 2.75) is 12.8 Å². The Hall–Kier alpha value is -2.66. The third-order valence-corrected chi connectivity index (χ3v) is 4.50. The summed E-state index contributed by atoms with van der Waals surface area (Å²) < 4.78 is 1.07. The van der Waals surface area contributed by atoms with Crippen molar-refractivity contribution in [1.29, 1.82) is 0 Å². The van der Waals surface area contributed by atoms with Crippen molar-refractivity contribution < 1.29 is 15.0 Å². The number of thiazole rings is 1. The average molecular weight is 325 g/mol. The zero-order chi connectivity index (χ0) is 16.2. The first kappa shape index (κ1) is 15.2. The van der Waals surface area contributed by atoms with Gasteiger partial charge in [0, 0.05) is 6.42 Å². The number of hydrogen-bond acceptors (Lipinski definition) is 4. The Labute approximate surface area is 137 Å². The van der Waals surface area contributed by atoms with Gasteiger partial charge in [0.25, 0.3) is 0 Å². The molecule has 0 saturated heterocycles. The van der Waals surface area contributed by atoms with Crippen LogP contribution >= 0.6 is 11.3 Å². The van der Waals surface area contributed by atoms with Crippen molar-refractivity contribution in [3.63, 3.8) is 0 Å². The Morgan fingerprint density at radius 3 is 2.70 bits per heavy atom. The number of para-hydroxylation sites is 1. The van der Waals surface area contributed by atoms with Gasteiger partial charge in [0.2, 0.25) is 0 Å². The van der Waals surface area contributed by atoms with Gasteiger partial charge in [-0.2, -0.15) is 0 Å². The van der Waals surface area contributed by atoms with Crippen molar-refractivity contribution in [3.05, 3.63) is 59.1 Å². The molecule has 3 rings (SSSR count). The summed E-state index contributed by atoms with van der Waals surface area (Å²) in [5, 5.41) is 19.4. The number of aliphatic carboxylic acids is 1. The van der Waals surface area contributed by atoms with E-state index in [1.54, 1.807) is 29.5 Å². The van der Waals surface area contributed by atoms with Gasteiger partial charge in [-0.15, -0.1) is 11.3 Å². The van der Waals surface area contributed by atoms with E-state index in [0.29, 0.717) is 6.42 Å². The highest BCUT2D eigenvalue weighted by molar-refractivity contribution is 7.19. The number of phenols is 1. The summed E-state index contributed by atoms with van der Waals surface area (Å²) in [6, 6.07) is 14.7. The van der Waals surface area contributed by atoms with E-state index in [-0.39, 0.29) is 12.2 Å². The quantitative estimate of drug-likeness (QED) is 0.729. The molecular formula is C18H15NO3S. The maximum absolute atomic E-state index is 10.9. The zero-order valence-corrected chi connectivity index (χ0v) is 13.1. The van der Waals surface area contributed by atoms with Gasteiger partial charge < -0.3 is 10.2 Å². The largest absolute Gasteiger partial charge is 0.508 e. The molecule has 0 fully saturated rings. The number of fused-ring (bicyclic) bond motifs is 1. The van der Waals surface area contributed by atoms with E-state index in [0.717, 1.165) is 26.4 Å². The second kappa shape index (κ2) is 6.62. The highest BCUT2D eigenvalue weighted by atomic mass is 32.1. The molecule has 23 heavy (non-hydrogen) atoms. The Kier molecular flexibility index (Phi) is 4.39. The minimum absolute atomic E-state index is 0.0422. The number of carboxylic acids is 1. The Bertz CT molecular complexity index is 850. The lowest BCUT2D eigenvalue weighted by molar-refractivity contribution is -0.136. The second-order valence-electron chi connectivity index (χ2n) is 5.15. The van der Waals surface area contributed by atoms with Crippen LogP contribution in [0.15, 0.2) is 48.5 Å². The number of phenolic OH excluding ortho intramolecular Hbond substituents is 1. The van der Waals surface area contributed by atoms with Crippen LogP contribution in [0.1, 0.15) is 23.4 Å². The number of benzene rings is 2. The summed E-state index contributed by atoms with van der Waals surface area (Å²) in [7, 11) is 0. The molecule has 0 radical (unpaired) electrons. The molecule has 0 aliphatic rings. The summed E-state index contributed by atoms with van der Waals surface area (Å²) in [6.45, 7) is 0. The summed E-state index contributed by atoms with van der Waals surface area (Å²) in [4.78, 5) is 15.5. The third kappa shape index (κ3) is 3.76. The zero-order valence-electron chi connectivity index (χ0n) is 12.3. The molecule has 0 atom stereocenters. The van der Waals surface area contributed by atoms with Crippen molar-refractivity contribution in [3.8, 4) is 5.75 Å². The van der Waals surface area contributed by atoms with Crippen LogP contribution in [-0.4, -0.2) is 21.2 Å². The first-order chi connectivity index (χ1) is 11.1. The fourth-order valence-electron chi connectivity index (χ4n) is 2.31. The van der Waals surface area contributed by atoms with Gasteiger partial charge in [-0.3, -0.25) is 4.79 Å². The number of hydrogen-bond donors (Lipinski definition) is 2. The van der Waals surface area contributed by atoms with E-state index in [2.05, 4.69) is 4.98 Å². The van der Waals surface area contributed by atoms with Gasteiger partial charge in [-0.05, 0) is 47.9 Å². The molecule has 5 heteroatoms. The summed E-state index contributed by atoms with van der Waals surface area (Å²) >= 11 is 1.55. The van der Waals surface area contributed by atoms with Crippen LogP contribution in [0.3, 0.4) is 0 Å². The van der Waals surface area contributed by atoms with Crippen LogP contribution in [0, 0.1) is 0 Å². The first-order valence-electron chi connectivity index (χ1n) is 7.19. The number of rotatable bonds is 5. The summed E-state index contributed by atoms with van der Waals surface area (Å²) in [5.74, 6) is -0.659. The van der Waals surface area contributed by atoms with Gasteiger partial charge >= 0.3 is 5.97 Å². The molecule has 0 bridgehead atoms. The minimum Gasteiger partial charge on any atom is -0.508 e. The van der Waals surface area contributed by atoms with Gasteiger partial charge in [0.1, 0.15) is 10.8 Å². The molecule has 2 N–H and O–H groups in total. The van der Waals surface area contributed by atoms with Crippen molar-refractivity contribution in [1.82, 2.24) is 4.98 Å². The van der Waals surface area contributed by atoms with Gasteiger partial charge in [0.05, 0.1) is 10.2 Å². The lowest BCUT2D eigenvalue weighted by Gasteiger charge is -2.03. The molecule has 0 amide bonds. The molecule has 0 aliphatic heterocycles. The molecule has 1 heterocycles. The standard InChI is InChI=1S/C18H15NO3S/c20-14-5-3-4-12(11-14)10-13(8-9-17(21)22)18-19-15-6-1-2-7-16(15)23-18/h1-7,10-11,20H,8-9H2,(H,21,22)/b13-10-. The van der Waals surface area contributed by atoms with E-state index in [4.69, 9.17) is 5.11 Å². The summed E-state index contributed by atoms with van der Waals surface area (Å²) in [5.41, 5.74) is 2.59. The second-order valence-corrected chi connectivity index (χ2v) is 6.18. The van der Waals surface area contributed by atoms with E-state index in [1.165, 1.54) is 0 Å². The number of carboxylic acid groups (broad SMARTS) is 1. The number of nitrogens with zero attached hydrogens (tertiary/aromatic N) is 1. The van der Waals surface area contributed by atoms with Crippen LogP contribution in [0.5, 0.6) is 5.75 Å². The molecule has 0 spiro atoms. The highest BCUT2D eigenvalue weighted by Gasteiger charge is 2.11. The number of allylic oxidation sites excluding steroid dienone is 1. The van der Waals surface area contributed by atoms with E-state index < -0.39 is 5.97 Å². The van der Waals surface area contributed by atoms with Crippen molar-refractivity contribution in [2.75, 3.05) is 0 Å². The topological polar surface area (TPSA) is 70.4 Å². The van der Waals surface area contributed by atoms with Crippen LogP contribution in [0.25, 0.3) is 21.9 Å². The SMILES string of the molecule is O=C(O)CC/C(=C/c1cccc(O)c1)c1nc2ccccc2s1. The first-order valence-corrected chi connectivity index (χ1v) is 8.01. The van der Waals surface area contributed by atoms with E-state index in [9.17, 15) is 9.90 Å². The van der Waals surface area contributed by atoms with Crippen LogP contribution in [-0.2, 0) is 4.79 Å². The van der Waals surface area contributed by atoms with Crippen molar-refractivity contribution in [2.24, 2.45) is 0 Å². The van der Waals surface area contributed by atoms with Crippen LogP contribution < -0.4 is 0 Å². The number of carbonyl (C=O) groups is 1. The number of aromatic nitrogens is 1. The Morgan fingerprint density at radius 1 is 1.13 bits per heavy atom. The molecule has 116 valence electrons. The van der Waals surface area contributed by atoms with Crippen LogP contribution in [0.4, 0.5) is 0 Å². The van der Waals surface area contributed by atoms with Crippen LogP contribution in [0.2, 0.25) is 0 Å². The molecule has 0 unspecified atom stereocenters. The molecule has 0 aliphatic carbocycles. The maximum Gasteiger partial charge on any atom is 0.303 e. The lowest BCUT2D eigenvalue weighted by Crippen LogP contribution is -1.95. The van der Waals surface area contributed by atoms with Gasteiger partial charge in [-0.25, -0.2) is 4.98 Å². The third-order valence-electron chi connectivity index (χ3n) is 3.39. The molecular weight excluding hydrogens is 310 g/mol. The highest BCUT2D eigenvalue weighted by Crippen LogP contribution is 2.31. The van der Waals surface area contributed by atoms with E-state index in [1.807, 2.05) is 36.4 Å². The Morgan fingerprint density at radius 2 is 1.96 bits per heavy atom. The predicted octanol–water partition coefficient (Wildman–Crippen LogP) is 4.41. The molecule has 3 aromatic rings. The molecule has 0 saturated carbocycles. The van der Waals surface area contributed by atoms with Gasteiger partial charge in [0.15, 0.2) is 0 Å². The maximum atomic E-state index is 10.9. The summed E-state index contributed by atoms with van der Waals surface area (Å²) in [6.07, 6.45) is 2.33. The molecule has 1 aromatic heterocycles. The average Bonchev–Trinajstić information content (AvgIpc) is 2.95. The smallest absolute Gasteiger partial charge is 0.303 e. The fraction of sp³-hybridized carbons (Fsp3) is 0.111. The lowest BCUT2D eigenvalue weighted by atomic mass is 10.1. The molecule has 4 nitrogen and oxygen atoms in total. The predicted molar refractivity (Wildman–Crippen MR) is 92.5 cm³/mol. The number of aromatic hydroxyl groups is 1.